The first-order valence-corrected chi connectivity index (χ1v) is 9.12. The van der Waals surface area contributed by atoms with E-state index in [4.69, 9.17) is 5.73 Å². The number of anilines is 1. The fraction of sp³-hybridized carbons (Fsp3) is 0.381. The Bertz CT molecular complexity index is 676. The summed E-state index contributed by atoms with van der Waals surface area (Å²) >= 11 is 0. The molecule has 4 N–H and O–H groups in total. The Hall–Kier alpha value is -2.33. The van der Waals surface area contributed by atoms with Crippen LogP contribution in [0.3, 0.4) is 0 Å². The van der Waals surface area contributed by atoms with Crippen molar-refractivity contribution in [2.45, 2.75) is 44.2 Å². The third-order valence-electron chi connectivity index (χ3n) is 4.98. The van der Waals surface area contributed by atoms with Gasteiger partial charge in [0.05, 0.1) is 6.54 Å². The molecule has 0 amide bonds. The summed E-state index contributed by atoms with van der Waals surface area (Å²) in [6.45, 7) is 2.93. The lowest BCUT2D eigenvalue weighted by Gasteiger charge is -2.33. The molecule has 0 heterocycles. The zero-order chi connectivity index (χ0) is 17.5. The highest BCUT2D eigenvalue weighted by atomic mass is 15.1. The molecule has 1 fully saturated rings. The zero-order valence-corrected chi connectivity index (χ0v) is 14.9. The molecule has 4 nitrogen and oxygen atoms in total. The van der Waals surface area contributed by atoms with Gasteiger partial charge < -0.3 is 16.4 Å². The van der Waals surface area contributed by atoms with E-state index in [0.717, 1.165) is 18.5 Å². The van der Waals surface area contributed by atoms with Gasteiger partial charge in [-0.25, -0.2) is 0 Å². The SMILES string of the molecule is CC(NC1(CN=C(N)Nc2ccccc2)CCCC1)c1ccccc1. The Morgan fingerprint density at radius 1 is 1.04 bits per heavy atom. The van der Waals surface area contributed by atoms with Crippen molar-refractivity contribution in [1.82, 2.24) is 5.32 Å². The second kappa shape index (κ2) is 8.17. The molecular formula is C21H28N4. The first kappa shape index (κ1) is 17.5. The third kappa shape index (κ3) is 4.83. The molecule has 1 saturated carbocycles. The fourth-order valence-electron chi connectivity index (χ4n) is 3.63. The van der Waals surface area contributed by atoms with E-state index in [1.165, 1.54) is 18.4 Å². The molecule has 25 heavy (non-hydrogen) atoms. The quantitative estimate of drug-likeness (QED) is 0.550. The molecule has 4 heteroatoms. The van der Waals surface area contributed by atoms with E-state index < -0.39 is 0 Å². The number of guanidine groups is 1. The number of para-hydroxylation sites is 1. The molecule has 1 aliphatic rings. The molecular weight excluding hydrogens is 308 g/mol. The zero-order valence-electron chi connectivity index (χ0n) is 14.9. The Kier molecular flexibility index (Phi) is 5.71. The largest absolute Gasteiger partial charge is 0.370 e. The van der Waals surface area contributed by atoms with Gasteiger partial charge in [0.15, 0.2) is 5.96 Å². The van der Waals surface area contributed by atoms with E-state index in [-0.39, 0.29) is 5.54 Å². The predicted molar refractivity (Wildman–Crippen MR) is 106 cm³/mol. The van der Waals surface area contributed by atoms with Gasteiger partial charge >= 0.3 is 0 Å². The molecule has 2 aromatic carbocycles. The summed E-state index contributed by atoms with van der Waals surface area (Å²) in [5.74, 6) is 0.478. The van der Waals surface area contributed by atoms with Crippen LogP contribution in [0.25, 0.3) is 0 Å². The topological polar surface area (TPSA) is 62.4 Å². The number of nitrogens with one attached hydrogen (secondary N) is 2. The lowest BCUT2D eigenvalue weighted by atomic mass is 9.95. The number of rotatable bonds is 6. The van der Waals surface area contributed by atoms with Crippen molar-refractivity contribution >= 4 is 11.6 Å². The molecule has 1 aliphatic carbocycles. The smallest absolute Gasteiger partial charge is 0.193 e. The highest BCUT2D eigenvalue weighted by Crippen LogP contribution is 2.32. The predicted octanol–water partition coefficient (Wildman–Crippen LogP) is 4.08. The Balaban J connectivity index is 1.65. The van der Waals surface area contributed by atoms with Crippen molar-refractivity contribution < 1.29 is 0 Å². The average Bonchev–Trinajstić information content (AvgIpc) is 3.10. The van der Waals surface area contributed by atoms with Crippen LogP contribution in [-0.4, -0.2) is 18.0 Å². The van der Waals surface area contributed by atoms with Crippen LogP contribution >= 0.6 is 0 Å². The van der Waals surface area contributed by atoms with Gasteiger partial charge in [-0.2, -0.15) is 0 Å². The van der Waals surface area contributed by atoms with Gasteiger partial charge in [-0.1, -0.05) is 61.4 Å². The second-order valence-electron chi connectivity index (χ2n) is 6.96. The summed E-state index contributed by atoms with van der Waals surface area (Å²) < 4.78 is 0. The van der Waals surface area contributed by atoms with Gasteiger partial charge in [0.2, 0.25) is 0 Å². The van der Waals surface area contributed by atoms with Crippen LogP contribution in [0.4, 0.5) is 5.69 Å². The van der Waals surface area contributed by atoms with E-state index in [1.807, 2.05) is 30.3 Å². The number of hydrogen-bond donors (Lipinski definition) is 3. The molecule has 0 radical (unpaired) electrons. The van der Waals surface area contributed by atoms with E-state index in [9.17, 15) is 0 Å². The Morgan fingerprint density at radius 3 is 2.28 bits per heavy atom. The number of nitrogens with zero attached hydrogens (tertiary/aromatic N) is 1. The van der Waals surface area contributed by atoms with Crippen LogP contribution in [0.2, 0.25) is 0 Å². The molecule has 0 saturated heterocycles. The first-order chi connectivity index (χ1) is 12.2. The van der Waals surface area contributed by atoms with Crippen LogP contribution < -0.4 is 16.4 Å². The van der Waals surface area contributed by atoms with Gasteiger partial charge in [-0.15, -0.1) is 0 Å². The summed E-state index contributed by atoms with van der Waals surface area (Å²) in [4.78, 5) is 4.64. The van der Waals surface area contributed by atoms with Crippen molar-refractivity contribution in [1.29, 1.82) is 0 Å². The summed E-state index contributed by atoms with van der Waals surface area (Å²) in [6, 6.07) is 20.8. The van der Waals surface area contributed by atoms with Crippen molar-refractivity contribution in [3.8, 4) is 0 Å². The average molecular weight is 336 g/mol. The van der Waals surface area contributed by atoms with Crippen LogP contribution in [0.15, 0.2) is 65.7 Å². The molecule has 0 spiro atoms. The molecule has 3 rings (SSSR count). The van der Waals surface area contributed by atoms with Crippen LogP contribution in [0.5, 0.6) is 0 Å². The molecule has 0 aliphatic heterocycles. The highest BCUT2D eigenvalue weighted by Gasteiger charge is 2.34. The maximum absolute atomic E-state index is 6.10. The first-order valence-electron chi connectivity index (χ1n) is 9.12. The molecule has 1 atom stereocenters. The van der Waals surface area contributed by atoms with Crippen molar-refractivity contribution in [3.63, 3.8) is 0 Å². The minimum absolute atomic E-state index is 0.0399. The fourth-order valence-corrected chi connectivity index (χ4v) is 3.63. The number of nitrogens with two attached hydrogens (primary N) is 1. The van der Waals surface area contributed by atoms with Crippen LogP contribution in [0, 0.1) is 0 Å². The van der Waals surface area contributed by atoms with Crippen molar-refractivity contribution in [3.05, 3.63) is 66.2 Å². The van der Waals surface area contributed by atoms with E-state index >= 15 is 0 Å². The lowest BCUT2D eigenvalue weighted by Crippen LogP contribution is -2.47. The van der Waals surface area contributed by atoms with Gasteiger partial charge in [-0.3, -0.25) is 4.99 Å². The molecule has 0 bridgehead atoms. The van der Waals surface area contributed by atoms with Crippen molar-refractivity contribution in [2.24, 2.45) is 10.7 Å². The highest BCUT2D eigenvalue weighted by molar-refractivity contribution is 5.92. The summed E-state index contributed by atoms with van der Waals surface area (Å²) in [6.07, 6.45) is 4.78. The maximum Gasteiger partial charge on any atom is 0.193 e. The maximum atomic E-state index is 6.10. The van der Waals surface area contributed by atoms with E-state index in [2.05, 4.69) is 52.9 Å². The third-order valence-corrected chi connectivity index (χ3v) is 4.98. The van der Waals surface area contributed by atoms with Gasteiger partial charge in [0.1, 0.15) is 0 Å². The Morgan fingerprint density at radius 2 is 1.64 bits per heavy atom. The monoisotopic (exact) mass is 336 g/mol. The molecule has 2 aromatic rings. The molecule has 132 valence electrons. The summed E-state index contributed by atoms with van der Waals surface area (Å²) in [5.41, 5.74) is 8.42. The Labute approximate surface area is 150 Å². The van der Waals surface area contributed by atoms with Gasteiger partial charge in [-0.05, 0) is 37.5 Å². The minimum atomic E-state index is 0.0399. The summed E-state index contributed by atoms with van der Waals surface area (Å²) in [7, 11) is 0. The van der Waals surface area contributed by atoms with Crippen molar-refractivity contribution in [2.75, 3.05) is 11.9 Å². The molecule has 1 unspecified atom stereocenters. The van der Waals surface area contributed by atoms with E-state index in [1.54, 1.807) is 0 Å². The molecule has 0 aromatic heterocycles. The normalized spacial score (nSPS) is 18.0. The van der Waals surface area contributed by atoms with Gasteiger partial charge in [0, 0.05) is 17.3 Å². The number of aliphatic imine (C=N–C) groups is 1. The lowest BCUT2D eigenvalue weighted by molar-refractivity contribution is 0.308. The van der Waals surface area contributed by atoms with Crippen LogP contribution in [0.1, 0.15) is 44.2 Å². The van der Waals surface area contributed by atoms with Crippen LogP contribution in [-0.2, 0) is 0 Å². The number of hydrogen-bond acceptors (Lipinski definition) is 2. The van der Waals surface area contributed by atoms with Gasteiger partial charge in [0.25, 0.3) is 0 Å². The number of benzene rings is 2. The van der Waals surface area contributed by atoms with E-state index in [0.29, 0.717) is 18.5 Å². The minimum Gasteiger partial charge on any atom is -0.370 e. The summed E-state index contributed by atoms with van der Waals surface area (Å²) in [5, 5.41) is 7.01. The standard InChI is InChI=1S/C21H28N4/c1-17(18-10-4-2-5-11-18)25-21(14-8-9-15-21)16-23-20(22)24-19-12-6-3-7-13-19/h2-7,10-13,17,25H,8-9,14-16H2,1H3,(H3,22,23,24). The second-order valence-corrected chi connectivity index (χ2v) is 6.96.